The van der Waals surface area contributed by atoms with Gasteiger partial charge in [0.1, 0.15) is 5.75 Å². The van der Waals surface area contributed by atoms with Gasteiger partial charge in [0.15, 0.2) is 5.96 Å². The molecule has 1 fully saturated rings. The molecule has 126 valence electrons. The molecule has 2 N–H and O–H groups in total. The molecular formula is C17H26N4O2. The molecule has 1 aliphatic heterocycles. The second-order valence-electron chi connectivity index (χ2n) is 5.57. The number of ether oxygens (including phenoxy) is 1. The third-order valence-electron chi connectivity index (χ3n) is 3.93. The van der Waals surface area contributed by atoms with Gasteiger partial charge in [0.2, 0.25) is 5.91 Å². The molecule has 0 radical (unpaired) electrons. The molecule has 6 nitrogen and oxygen atoms in total. The summed E-state index contributed by atoms with van der Waals surface area (Å²) in [5.74, 6) is 1.58. The minimum atomic E-state index is 0.133. The molecule has 0 spiro atoms. The number of aliphatic imine (C=N–C) groups is 1. The first-order valence-corrected chi connectivity index (χ1v) is 8.08. The predicted molar refractivity (Wildman–Crippen MR) is 91.6 cm³/mol. The molecule has 0 saturated carbocycles. The number of rotatable bonds is 5. The lowest BCUT2D eigenvalue weighted by atomic mass is 10.1. The Morgan fingerprint density at radius 3 is 2.74 bits per heavy atom. The number of hydrogen-bond donors (Lipinski definition) is 2. The number of nitrogens with one attached hydrogen (secondary N) is 2. The van der Waals surface area contributed by atoms with Crippen LogP contribution in [0.3, 0.4) is 0 Å². The summed E-state index contributed by atoms with van der Waals surface area (Å²) in [7, 11) is 3.35. The van der Waals surface area contributed by atoms with Crippen LogP contribution in [0.1, 0.15) is 24.8 Å². The Hall–Kier alpha value is -2.24. The maximum Gasteiger partial charge on any atom is 0.241 e. The third kappa shape index (κ3) is 5.47. The molecule has 0 unspecified atom stereocenters. The highest BCUT2D eigenvalue weighted by molar-refractivity contribution is 5.86. The van der Waals surface area contributed by atoms with Crippen LogP contribution in [-0.4, -0.2) is 50.6 Å². The molecule has 0 aliphatic carbocycles. The highest BCUT2D eigenvalue weighted by atomic mass is 16.5. The van der Waals surface area contributed by atoms with E-state index in [9.17, 15) is 4.79 Å². The van der Waals surface area contributed by atoms with Crippen LogP contribution in [0.2, 0.25) is 0 Å². The van der Waals surface area contributed by atoms with Gasteiger partial charge >= 0.3 is 0 Å². The van der Waals surface area contributed by atoms with Gasteiger partial charge < -0.3 is 20.3 Å². The third-order valence-corrected chi connectivity index (χ3v) is 3.93. The van der Waals surface area contributed by atoms with Gasteiger partial charge in [-0.15, -0.1) is 0 Å². The van der Waals surface area contributed by atoms with Crippen molar-refractivity contribution in [3.63, 3.8) is 0 Å². The number of carbonyl (C=O) groups is 1. The highest BCUT2D eigenvalue weighted by Gasteiger charge is 2.16. The normalized spacial score (nSPS) is 15.2. The van der Waals surface area contributed by atoms with E-state index >= 15 is 0 Å². The Morgan fingerprint density at radius 1 is 1.26 bits per heavy atom. The predicted octanol–water partition coefficient (Wildman–Crippen LogP) is 1.37. The smallest absolute Gasteiger partial charge is 0.241 e. The summed E-state index contributed by atoms with van der Waals surface area (Å²) in [5, 5.41) is 6.29. The first-order valence-electron chi connectivity index (χ1n) is 8.08. The van der Waals surface area contributed by atoms with Gasteiger partial charge in [0.25, 0.3) is 0 Å². The van der Waals surface area contributed by atoms with Gasteiger partial charge in [-0.1, -0.05) is 12.1 Å². The van der Waals surface area contributed by atoms with E-state index in [1.807, 2.05) is 29.2 Å². The minimum Gasteiger partial charge on any atom is -0.497 e. The van der Waals surface area contributed by atoms with E-state index in [0.29, 0.717) is 12.5 Å². The molecule has 1 aromatic carbocycles. The van der Waals surface area contributed by atoms with Crippen molar-refractivity contribution >= 4 is 11.9 Å². The van der Waals surface area contributed by atoms with Gasteiger partial charge in [0, 0.05) is 26.7 Å². The number of benzene rings is 1. The molecule has 23 heavy (non-hydrogen) atoms. The van der Waals surface area contributed by atoms with Crippen molar-refractivity contribution < 1.29 is 9.53 Å². The van der Waals surface area contributed by atoms with Gasteiger partial charge in [-0.3, -0.25) is 9.79 Å². The monoisotopic (exact) mass is 318 g/mol. The molecule has 0 aromatic heterocycles. The fourth-order valence-electron chi connectivity index (χ4n) is 2.60. The minimum absolute atomic E-state index is 0.133. The van der Waals surface area contributed by atoms with Gasteiger partial charge in [-0.25, -0.2) is 0 Å². The molecule has 6 heteroatoms. The standard InChI is InChI=1S/C17H26N4O2/c1-18-17(19-12-14-7-6-8-15(11-14)23-2)20-13-16(22)21-9-4-3-5-10-21/h6-8,11H,3-5,9-10,12-13H2,1-2H3,(H2,18,19,20). The van der Waals surface area contributed by atoms with Crippen LogP contribution in [0, 0.1) is 0 Å². The lowest BCUT2D eigenvalue weighted by Crippen LogP contribution is -2.45. The molecule has 1 aliphatic rings. The van der Waals surface area contributed by atoms with E-state index in [4.69, 9.17) is 4.74 Å². The number of hydrogen-bond acceptors (Lipinski definition) is 3. The summed E-state index contributed by atoms with van der Waals surface area (Å²) in [6.45, 7) is 2.64. The molecule has 0 bridgehead atoms. The van der Waals surface area contributed by atoms with Crippen LogP contribution in [0.4, 0.5) is 0 Å². The molecule has 1 heterocycles. The van der Waals surface area contributed by atoms with E-state index in [1.165, 1.54) is 6.42 Å². The number of methoxy groups -OCH3 is 1. The zero-order valence-corrected chi connectivity index (χ0v) is 14.0. The number of nitrogens with zero attached hydrogens (tertiary/aromatic N) is 2. The summed E-state index contributed by atoms with van der Waals surface area (Å²) >= 11 is 0. The second kappa shape index (κ2) is 9.02. The fourth-order valence-corrected chi connectivity index (χ4v) is 2.60. The zero-order chi connectivity index (χ0) is 16.5. The molecule has 1 saturated heterocycles. The van der Waals surface area contributed by atoms with Crippen LogP contribution in [0.5, 0.6) is 5.75 Å². The van der Waals surface area contributed by atoms with E-state index in [-0.39, 0.29) is 12.5 Å². The van der Waals surface area contributed by atoms with Crippen molar-refractivity contribution in [1.82, 2.24) is 15.5 Å². The summed E-state index contributed by atoms with van der Waals surface area (Å²) in [5.41, 5.74) is 1.09. The Kier molecular flexibility index (Phi) is 6.72. The quantitative estimate of drug-likeness (QED) is 0.636. The molecule has 1 amide bonds. The van der Waals surface area contributed by atoms with Gasteiger partial charge in [-0.05, 0) is 37.0 Å². The second-order valence-corrected chi connectivity index (χ2v) is 5.57. The van der Waals surface area contributed by atoms with Crippen molar-refractivity contribution in [2.75, 3.05) is 33.8 Å². The van der Waals surface area contributed by atoms with Crippen molar-refractivity contribution in [2.24, 2.45) is 4.99 Å². The summed E-state index contributed by atoms with van der Waals surface area (Å²) in [4.78, 5) is 18.2. The van der Waals surface area contributed by atoms with E-state index in [2.05, 4.69) is 15.6 Å². The Labute approximate surface area is 137 Å². The lowest BCUT2D eigenvalue weighted by Gasteiger charge is -2.27. The van der Waals surface area contributed by atoms with Crippen LogP contribution in [0.25, 0.3) is 0 Å². The molecule has 0 atom stereocenters. The first kappa shape index (κ1) is 17.1. The molecular weight excluding hydrogens is 292 g/mol. The largest absolute Gasteiger partial charge is 0.497 e. The summed E-state index contributed by atoms with van der Waals surface area (Å²) in [6.07, 6.45) is 3.43. The fraction of sp³-hybridized carbons (Fsp3) is 0.529. The van der Waals surface area contributed by atoms with Crippen LogP contribution >= 0.6 is 0 Å². The Morgan fingerprint density at radius 2 is 2.04 bits per heavy atom. The van der Waals surface area contributed by atoms with Crippen LogP contribution < -0.4 is 15.4 Å². The number of amides is 1. The maximum atomic E-state index is 12.1. The number of piperidine rings is 1. The van der Waals surface area contributed by atoms with Crippen LogP contribution in [0.15, 0.2) is 29.3 Å². The average molecular weight is 318 g/mol. The molecule has 2 rings (SSSR count). The topological polar surface area (TPSA) is 66.0 Å². The van der Waals surface area contributed by atoms with Crippen molar-refractivity contribution in [2.45, 2.75) is 25.8 Å². The van der Waals surface area contributed by atoms with Gasteiger partial charge in [-0.2, -0.15) is 0 Å². The van der Waals surface area contributed by atoms with E-state index in [1.54, 1.807) is 14.2 Å². The van der Waals surface area contributed by atoms with E-state index < -0.39 is 0 Å². The Balaban J connectivity index is 1.77. The first-order chi connectivity index (χ1) is 11.2. The maximum absolute atomic E-state index is 12.1. The highest BCUT2D eigenvalue weighted by Crippen LogP contribution is 2.12. The van der Waals surface area contributed by atoms with Crippen molar-refractivity contribution in [3.8, 4) is 5.75 Å². The number of likely N-dealkylation sites (tertiary alicyclic amines) is 1. The number of carbonyl (C=O) groups excluding carboxylic acids is 1. The SMILES string of the molecule is CN=C(NCC(=O)N1CCCCC1)NCc1cccc(OC)c1. The van der Waals surface area contributed by atoms with Crippen LogP contribution in [-0.2, 0) is 11.3 Å². The summed E-state index contributed by atoms with van der Waals surface area (Å²) < 4.78 is 5.21. The van der Waals surface area contributed by atoms with E-state index in [0.717, 1.165) is 37.2 Å². The lowest BCUT2D eigenvalue weighted by molar-refractivity contribution is -0.130. The van der Waals surface area contributed by atoms with Crippen molar-refractivity contribution in [3.05, 3.63) is 29.8 Å². The number of guanidine groups is 1. The average Bonchev–Trinajstić information content (AvgIpc) is 2.62. The van der Waals surface area contributed by atoms with Gasteiger partial charge in [0.05, 0.1) is 13.7 Å². The summed E-state index contributed by atoms with van der Waals surface area (Å²) in [6, 6.07) is 7.85. The molecule has 1 aromatic rings. The van der Waals surface area contributed by atoms with Crippen molar-refractivity contribution in [1.29, 1.82) is 0 Å². The Bertz CT molecular complexity index is 539. The zero-order valence-electron chi connectivity index (χ0n) is 14.0.